The van der Waals surface area contributed by atoms with Crippen LogP contribution in [0.2, 0.25) is 0 Å². The minimum atomic E-state index is -0.441. The van der Waals surface area contributed by atoms with E-state index in [2.05, 4.69) is 4.90 Å². The summed E-state index contributed by atoms with van der Waals surface area (Å²) in [6.45, 7) is 2.90. The third-order valence-corrected chi connectivity index (χ3v) is 4.52. The van der Waals surface area contributed by atoms with Gasteiger partial charge >= 0.3 is 0 Å². The number of hydrogen-bond acceptors (Lipinski definition) is 6. The van der Waals surface area contributed by atoms with Crippen LogP contribution in [0, 0.1) is 20.2 Å². The monoisotopic (exact) mass is 357 g/mol. The number of nitro groups is 2. The van der Waals surface area contributed by atoms with Gasteiger partial charge in [-0.05, 0) is 36.1 Å². The second-order valence-electron chi connectivity index (χ2n) is 6.15. The van der Waals surface area contributed by atoms with Gasteiger partial charge in [0, 0.05) is 43.9 Å². The van der Waals surface area contributed by atoms with Crippen LogP contribution in [0.25, 0.3) is 0 Å². The van der Waals surface area contributed by atoms with Gasteiger partial charge in [0.1, 0.15) is 12.4 Å². The molecule has 0 N–H and O–H groups in total. The molecule has 0 saturated heterocycles. The van der Waals surface area contributed by atoms with Crippen LogP contribution in [0.15, 0.2) is 42.5 Å². The van der Waals surface area contributed by atoms with Crippen molar-refractivity contribution in [1.29, 1.82) is 0 Å². The molecule has 0 aliphatic carbocycles. The minimum absolute atomic E-state index is 0.0386. The lowest BCUT2D eigenvalue weighted by atomic mass is 10.0. The van der Waals surface area contributed by atoms with Crippen molar-refractivity contribution in [3.63, 3.8) is 0 Å². The molecule has 136 valence electrons. The summed E-state index contributed by atoms with van der Waals surface area (Å²) in [6, 6.07) is 11.1. The van der Waals surface area contributed by atoms with Crippen molar-refractivity contribution >= 4 is 11.4 Å². The highest BCUT2D eigenvalue weighted by Crippen LogP contribution is 2.22. The van der Waals surface area contributed by atoms with Crippen molar-refractivity contribution in [2.75, 3.05) is 26.2 Å². The average Bonchev–Trinajstić information content (AvgIpc) is 2.84. The average molecular weight is 357 g/mol. The lowest BCUT2D eigenvalue weighted by molar-refractivity contribution is -0.385. The Labute approximate surface area is 150 Å². The Balaban J connectivity index is 1.51. The first-order valence-corrected chi connectivity index (χ1v) is 8.39. The zero-order valence-electron chi connectivity index (χ0n) is 14.2. The number of hydrogen-bond donors (Lipinski definition) is 0. The highest BCUT2D eigenvalue weighted by atomic mass is 16.6. The van der Waals surface area contributed by atoms with Gasteiger partial charge in [-0.1, -0.05) is 6.07 Å². The Kier molecular flexibility index (Phi) is 5.43. The SMILES string of the molecule is O=[N+]([O-])c1ccc(OCCN2CCc3ccc([N+](=O)[O-])cc3CC2)cc1. The van der Waals surface area contributed by atoms with E-state index in [9.17, 15) is 20.2 Å². The van der Waals surface area contributed by atoms with E-state index < -0.39 is 4.92 Å². The first kappa shape index (κ1) is 17.8. The molecule has 0 fully saturated rings. The Morgan fingerprint density at radius 1 is 0.885 bits per heavy atom. The van der Waals surface area contributed by atoms with E-state index in [1.807, 2.05) is 6.07 Å². The standard InChI is InChI=1S/C18H19N3O5/c22-20(23)16-3-5-18(6-4-16)26-12-11-19-9-7-14-1-2-17(21(24)25)13-15(14)8-10-19/h1-6,13H,7-12H2. The summed E-state index contributed by atoms with van der Waals surface area (Å²) in [5.74, 6) is 0.601. The Morgan fingerprint density at radius 2 is 1.50 bits per heavy atom. The third-order valence-electron chi connectivity index (χ3n) is 4.52. The maximum absolute atomic E-state index is 10.9. The minimum Gasteiger partial charge on any atom is -0.492 e. The number of ether oxygens (including phenoxy) is 1. The van der Waals surface area contributed by atoms with Crippen LogP contribution in [-0.2, 0) is 12.8 Å². The van der Waals surface area contributed by atoms with E-state index in [1.54, 1.807) is 24.3 Å². The first-order valence-electron chi connectivity index (χ1n) is 8.39. The number of nitrogens with zero attached hydrogens (tertiary/aromatic N) is 3. The predicted molar refractivity (Wildman–Crippen MR) is 95.5 cm³/mol. The van der Waals surface area contributed by atoms with Crippen LogP contribution >= 0.6 is 0 Å². The summed E-state index contributed by atoms with van der Waals surface area (Å²) in [4.78, 5) is 23.0. The predicted octanol–water partition coefficient (Wildman–Crippen LogP) is 2.98. The summed E-state index contributed by atoms with van der Waals surface area (Å²) < 4.78 is 5.66. The van der Waals surface area contributed by atoms with Gasteiger partial charge in [0.25, 0.3) is 11.4 Å². The topological polar surface area (TPSA) is 98.8 Å². The number of nitro benzene ring substituents is 2. The normalized spacial score (nSPS) is 14.3. The van der Waals surface area contributed by atoms with Gasteiger partial charge in [0.05, 0.1) is 9.85 Å². The quantitative estimate of drug-likeness (QED) is 0.582. The number of benzene rings is 2. The zero-order chi connectivity index (χ0) is 18.5. The van der Waals surface area contributed by atoms with Crippen LogP contribution in [-0.4, -0.2) is 41.0 Å². The first-order chi connectivity index (χ1) is 12.5. The van der Waals surface area contributed by atoms with Gasteiger partial charge in [0.2, 0.25) is 0 Å². The number of non-ortho nitro benzene ring substituents is 2. The fourth-order valence-electron chi connectivity index (χ4n) is 3.05. The molecule has 8 nitrogen and oxygen atoms in total. The van der Waals surface area contributed by atoms with Gasteiger partial charge in [-0.15, -0.1) is 0 Å². The molecule has 0 radical (unpaired) electrons. The summed E-state index contributed by atoms with van der Waals surface area (Å²) >= 11 is 0. The third kappa shape index (κ3) is 4.34. The van der Waals surface area contributed by atoms with Crippen LogP contribution in [0.5, 0.6) is 5.75 Å². The Morgan fingerprint density at radius 3 is 2.15 bits per heavy atom. The van der Waals surface area contributed by atoms with E-state index >= 15 is 0 Å². The second-order valence-corrected chi connectivity index (χ2v) is 6.15. The fourth-order valence-corrected chi connectivity index (χ4v) is 3.05. The Bertz CT molecular complexity index is 807. The van der Waals surface area contributed by atoms with Gasteiger partial charge in [-0.25, -0.2) is 0 Å². The van der Waals surface area contributed by atoms with Gasteiger partial charge in [-0.2, -0.15) is 0 Å². The molecule has 1 heterocycles. The van der Waals surface area contributed by atoms with Crippen molar-refractivity contribution in [2.24, 2.45) is 0 Å². The Hall–Kier alpha value is -3.00. The molecule has 0 aromatic heterocycles. The summed E-state index contributed by atoms with van der Waals surface area (Å²) in [7, 11) is 0. The van der Waals surface area contributed by atoms with E-state index in [4.69, 9.17) is 4.74 Å². The maximum atomic E-state index is 10.9. The molecule has 0 unspecified atom stereocenters. The molecule has 2 aromatic carbocycles. The molecule has 0 saturated carbocycles. The largest absolute Gasteiger partial charge is 0.492 e. The number of fused-ring (bicyclic) bond motifs is 1. The zero-order valence-corrected chi connectivity index (χ0v) is 14.2. The van der Waals surface area contributed by atoms with E-state index in [0.717, 1.165) is 43.6 Å². The van der Waals surface area contributed by atoms with Crippen molar-refractivity contribution < 1.29 is 14.6 Å². The summed E-state index contributed by atoms with van der Waals surface area (Å²) in [5.41, 5.74) is 2.38. The fraction of sp³-hybridized carbons (Fsp3) is 0.333. The molecule has 0 spiro atoms. The summed E-state index contributed by atoms with van der Waals surface area (Å²) in [6.07, 6.45) is 1.62. The van der Waals surface area contributed by atoms with Crippen molar-refractivity contribution in [2.45, 2.75) is 12.8 Å². The molecule has 3 rings (SSSR count). The van der Waals surface area contributed by atoms with Crippen LogP contribution in [0.1, 0.15) is 11.1 Å². The molecular weight excluding hydrogens is 338 g/mol. The highest BCUT2D eigenvalue weighted by Gasteiger charge is 2.17. The molecular formula is C18H19N3O5. The van der Waals surface area contributed by atoms with Crippen LogP contribution in [0.4, 0.5) is 11.4 Å². The van der Waals surface area contributed by atoms with Gasteiger partial charge in [-0.3, -0.25) is 25.1 Å². The van der Waals surface area contributed by atoms with E-state index in [1.165, 1.54) is 12.1 Å². The van der Waals surface area contributed by atoms with E-state index in [0.29, 0.717) is 12.4 Å². The smallest absolute Gasteiger partial charge is 0.269 e. The molecule has 0 bridgehead atoms. The molecule has 1 aliphatic heterocycles. The summed E-state index contributed by atoms with van der Waals surface area (Å²) in [5, 5.41) is 21.6. The second kappa shape index (κ2) is 7.92. The lowest BCUT2D eigenvalue weighted by Gasteiger charge is -2.19. The molecule has 8 heteroatoms. The molecule has 0 atom stereocenters. The lowest BCUT2D eigenvalue weighted by Crippen LogP contribution is -2.30. The van der Waals surface area contributed by atoms with Crippen molar-refractivity contribution in [3.8, 4) is 5.75 Å². The van der Waals surface area contributed by atoms with Crippen LogP contribution < -0.4 is 4.74 Å². The number of rotatable bonds is 6. The molecule has 1 aliphatic rings. The molecule has 2 aromatic rings. The van der Waals surface area contributed by atoms with Crippen molar-refractivity contribution in [1.82, 2.24) is 4.90 Å². The molecule has 26 heavy (non-hydrogen) atoms. The van der Waals surface area contributed by atoms with Gasteiger partial charge in [0.15, 0.2) is 0 Å². The highest BCUT2D eigenvalue weighted by molar-refractivity contribution is 5.40. The van der Waals surface area contributed by atoms with Crippen molar-refractivity contribution in [3.05, 3.63) is 73.8 Å². The van der Waals surface area contributed by atoms with Gasteiger partial charge < -0.3 is 4.74 Å². The maximum Gasteiger partial charge on any atom is 0.269 e. The molecule has 0 amide bonds. The van der Waals surface area contributed by atoms with E-state index in [-0.39, 0.29) is 16.3 Å². The van der Waals surface area contributed by atoms with Crippen LogP contribution in [0.3, 0.4) is 0 Å².